The van der Waals surface area contributed by atoms with Crippen molar-refractivity contribution in [2.24, 2.45) is 5.73 Å². The van der Waals surface area contributed by atoms with Gasteiger partial charge in [-0.3, -0.25) is 4.79 Å². The molecule has 0 saturated heterocycles. The normalized spacial score (nSPS) is 14.7. The molecular weight excluding hydrogens is 234 g/mol. The summed E-state index contributed by atoms with van der Waals surface area (Å²) >= 11 is 1.43. The molecule has 16 heavy (non-hydrogen) atoms. The number of carbonyl (C=O) groups is 1. The number of thioether (sulfide) groups is 1. The third-order valence-corrected chi connectivity index (χ3v) is 2.89. The van der Waals surface area contributed by atoms with Crippen molar-refractivity contribution in [3.63, 3.8) is 0 Å². The van der Waals surface area contributed by atoms with Gasteiger partial charge < -0.3 is 25.8 Å². The van der Waals surface area contributed by atoms with E-state index in [-0.39, 0.29) is 19.8 Å². The fourth-order valence-electron chi connectivity index (χ4n) is 0.885. The largest absolute Gasteiger partial charge is 0.480 e. The third kappa shape index (κ3) is 8.93. The maximum atomic E-state index is 10.4. The Bertz CT molecular complexity index is 193. The van der Waals surface area contributed by atoms with Gasteiger partial charge in [-0.1, -0.05) is 0 Å². The van der Waals surface area contributed by atoms with Crippen molar-refractivity contribution >= 4 is 17.7 Å². The van der Waals surface area contributed by atoms with Crippen LogP contribution in [-0.2, 0) is 9.53 Å². The van der Waals surface area contributed by atoms with Gasteiger partial charge in [0.1, 0.15) is 6.04 Å². The van der Waals surface area contributed by atoms with E-state index in [0.29, 0.717) is 17.9 Å². The molecule has 0 aromatic carbocycles. The van der Waals surface area contributed by atoms with Gasteiger partial charge >= 0.3 is 5.97 Å². The zero-order valence-corrected chi connectivity index (χ0v) is 9.86. The van der Waals surface area contributed by atoms with Gasteiger partial charge in [-0.05, 0) is 12.2 Å². The number of carboxylic acid groups (broad SMARTS) is 1. The van der Waals surface area contributed by atoms with Crippen LogP contribution in [0.3, 0.4) is 0 Å². The summed E-state index contributed by atoms with van der Waals surface area (Å²) in [5.74, 6) is 0.0508. The fraction of sp³-hybridized carbons (Fsp3) is 0.889. The first kappa shape index (κ1) is 15.7. The van der Waals surface area contributed by atoms with Crippen LogP contribution in [0.1, 0.15) is 6.42 Å². The summed E-state index contributed by atoms with van der Waals surface area (Å²) in [6.45, 7) is 0.331. The standard InChI is InChI=1S/C9H19NO5S/c10-8(9(13)14)1-4-16-6-7(12)5-15-3-2-11/h7-8,11-12H,1-6,10H2,(H,13,14)/t7?,8-/m0/s1. The van der Waals surface area contributed by atoms with E-state index in [4.69, 9.17) is 20.7 Å². The maximum Gasteiger partial charge on any atom is 0.320 e. The first-order valence-electron chi connectivity index (χ1n) is 5.00. The molecule has 2 atom stereocenters. The van der Waals surface area contributed by atoms with E-state index in [1.807, 2.05) is 0 Å². The van der Waals surface area contributed by atoms with Gasteiger partial charge in [-0.2, -0.15) is 11.8 Å². The molecule has 0 heterocycles. The number of aliphatic carboxylic acids is 1. The quantitative estimate of drug-likeness (QED) is 0.365. The van der Waals surface area contributed by atoms with Gasteiger partial charge in [0, 0.05) is 5.75 Å². The minimum absolute atomic E-state index is 0.0622. The molecule has 0 aliphatic rings. The number of carboxylic acids is 1. The molecule has 0 aliphatic carbocycles. The van der Waals surface area contributed by atoms with Crippen LogP contribution in [0, 0.1) is 0 Å². The first-order chi connectivity index (χ1) is 7.57. The first-order valence-corrected chi connectivity index (χ1v) is 6.16. The number of nitrogens with two attached hydrogens (primary N) is 1. The fourth-order valence-corrected chi connectivity index (χ4v) is 1.84. The van der Waals surface area contributed by atoms with Gasteiger partial charge in [0.15, 0.2) is 0 Å². The van der Waals surface area contributed by atoms with Crippen LogP contribution in [0.4, 0.5) is 0 Å². The molecule has 6 nitrogen and oxygen atoms in total. The van der Waals surface area contributed by atoms with E-state index in [1.165, 1.54) is 11.8 Å². The molecule has 0 bridgehead atoms. The van der Waals surface area contributed by atoms with Crippen LogP contribution in [0.25, 0.3) is 0 Å². The molecule has 5 N–H and O–H groups in total. The van der Waals surface area contributed by atoms with Crippen LogP contribution in [0.2, 0.25) is 0 Å². The Morgan fingerprint density at radius 3 is 2.75 bits per heavy atom. The summed E-state index contributed by atoms with van der Waals surface area (Å²) in [6, 6.07) is -0.838. The molecule has 0 spiro atoms. The zero-order valence-electron chi connectivity index (χ0n) is 9.04. The van der Waals surface area contributed by atoms with Gasteiger partial charge in [0.2, 0.25) is 0 Å². The van der Waals surface area contributed by atoms with Crippen molar-refractivity contribution in [3.05, 3.63) is 0 Å². The van der Waals surface area contributed by atoms with E-state index in [0.717, 1.165) is 0 Å². The van der Waals surface area contributed by atoms with Crippen molar-refractivity contribution in [2.75, 3.05) is 31.3 Å². The van der Waals surface area contributed by atoms with E-state index in [1.54, 1.807) is 0 Å². The SMILES string of the molecule is N[C@@H](CCSCC(O)COCCO)C(=O)O. The summed E-state index contributed by atoms with van der Waals surface area (Å²) in [4.78, 5) is 10.4. The van der Waals surface area contributed by atoms with Crippen LogP contribution < -0.4 is 5.73 Å². The average molecular weight is 253 g/mol. The van der Waals surface area contributed by atoms with Crippen LogP contribution >= 0.6 is 11.8 Å². The summed E-state index contributed by atoms with van der Waals surface area (Å²) in [7, 11) is 0. The second-order valence-corrected chi connectivity index (χ2v) is 4.41. The molecule has 0 saturated carbocycles. The number of rotatable bonds is 10. The van der Waals surface area contributed by atoms with Crippen LogP contribution in [0.5, 0.6) is 0 Å². The molecular formula is C9H19NO5S. The summed E-state index contributed by atoms with van der Waals surface area (Å²) < 4.78 is 4.93. The third-order valence-electron chi connectivity index (χ3n) is 1.75. The van der Waals surface area contributed by atoms with Gasteiger partial charge in [0.05, 0.1) is 25.9 Å². The Morgan fingerprint density at radius 2 is 2.19 bits per heavy atom. The van der Waals surface area contributed by atoms with Gasteiger partial charge in [0.25, 0.3) is 0 Å². The smallest absolute Gasteiger partial charge is 0.320 e. The Balaban J connectivity index is 3.33. The van der Waals surface area contributed by atoms with E-state index >= 15 is 0 Å². The van der Waals surface area contributed by atoms with Gasteiger partial charge in [-0.25, -0.2) is 0 Å². The highest BCUT2D eigenvalue weighted by Crippen LogP contribution is 2.06. The molecule has 96 valence electrons. The highest BCUT2D eigenvalue weighted by atomic mass is 32.2. The summed E-state index contributed by atoms with van der Waals surface area (Å²) in [5.41, 5.74) is 5.30. The molecule has 0 amide bonds. The van der Waals surface area contributed by atoms with Crippen LogP contribution in [0.15, 0.2) is 0 Å². The highest BCUT2D eigenvalue weighted by Gasteiger charge is 2.11. The summed E-state index contributed by atoms with van der Waals surface area (Å²) in [5, 5.41) is 26.3. The lowest BCUT2D eigenvalue weighted by Crippen LogP contribution is -2.30. The predicted octanol–water partition coefficient (Wildman–Crippen LogP) is -1.11. The highest BCUT2D eigenvalue weighted by molar-refractivity contribution is 7.99. The molecule has 0 radical (unpaired) electrons. The van der Waals surface area contributed by atoms with Crippen molar-refractivity contribution in [3.8, 4) is 0 Å². The molecule has 7 heteroatoms. The predicted molar refractivity (Wildman–Crippen MR) is 61.5 cm³/mol. The van der Waals surface area contributed by atoms with Gasteiger partial charge in [-0.15, -0.1) is 0 Å². The average Bonchev–Trinajstić information content (AvgIpc) is 2.24. The molecule has 0 aromatic heterocycles. The monoisotopic (exact) mass is 253 g/mol. The molecule has 1 unspecified atom stereocenters. The minimum atomic E-state index is -1.01. The number of ether oxygens (including phenoxy) is 1. The van der Waals surface area contributed by atoms with Crippen molar-refractivity contribution in [2.45, 2.75) is 18.6 Å². The molecule has 0 rings (SSSR count). The van der Waals surface area contributed by atoms with E-state index in [2.05, 4.69) is 0 Å². The lowest BCUT2D eigenvalue weighted by atomic mass is 10.2. The topological polar surface area (TPSA) is 113 Å². The molecule has 0 fully saturated rings. The second kappa shape index (κ2) is 9.86. The van der Waals surface area contributed by atoms with Crippen molar-refractivity contribution < 1.29 is 24.9 Å². The molecule has 0 aromatic rings. The van der Waals surface area contributed by atoms with Crippen molar-refractivity contribution in [1.82, 2.24) is 0 Å². The second-order valence-electron chi connectivity index (χ2n) is 3.26. The molecule has 0 aliphatic heterocycles. The Morgan fingerprint density at radius 1 is 1.50 bits per heavy atom. The Kier molecular flexibility index (Phi) is 9.65. The minimum Gasteiger partial charge on any atom is -0.480 e. The van der Waals surface area contributed by atoms with Crippen LogP contribution in [-0.4, -0.2) is 64.8 Å². The zero-order chi connectivity index (χ0) is 12.4. The number of aliphatic hydroxyl groups is 2. The number of hydrogen-bond donors (Lipinski definition) is 4. The maximum absolute atomic E-state index is 10.4. The lowest BCUT2D eigenvalue weighted by molar-refractivity contribution is -0.138. The van der Waals surface area contributed by atoms with Crippen molar-refractivity contribution in [1.29, 1.82) is 0 Å². The Hall–Kier alpha value is -0.340. The lowest BCUT2D eigenvalue weighted by Gasteiger charge is -2.11. The number of aliphatic hydroxyl groups excluding tert-OH is 2. The summed E-state index contributed by atoms with van der Waals surface area (Å²) in [6.07, 6.45) is -0.220. The van der Waals surface area contributed by atoms with E-state index in [9.17, 15) is 9.90 Å². The number of hydrogen-bond acceptors (Lipinski definition) is 6. The Labute approximate surface area is 98.8 Å². The van der Waals surface area contributed by atoms with E-state index < -0.39 is 18.1 Å².